The molecule has 0 bridgehead atoms. The van der Waals surface area contributed by atoms with E-state index in [2.05, 4.69) is 15.5 Å². The molecular weight excluding hydrogens is 304 g/mol. The average molecular weight is 319 g/mol. The zero-order chi connectivity index (χ0) is 15.2. The molecular formula is C15H15ClN4S. The van der Waals surface area contributed by atoms with Gasteiger partial charge in [0.05, 0.1) is 5.69 Å². The monoisotopic (exact) mass is 318 g/mol. The summed E-state index contributed by atoms with van der Waals surface area (Å²) in [7, 11) is 3.71. The molecule has 108 valence electrons. The molecule has 0 spiro atoms. The van der Waals surface area contributed by atoms with Gasteiger partial charge in [0.15, 0.2) is 5.11 Å². The molecule has 2 aromatic rings. The first-order valence-electron chi connectivity index (χ1n) is 6.30. The minimum Gasteiger partial charge on any atom is -0.354 e. The first kappa shape index (κ1) is 15.4. The van der Waals surface area contributed by atoms with Crippen LogP contribution in [0.1, 0.15) is 11.3 Å². The summed E-state index contributed by atoms with van der Waals surface area (Å²) in [6.07, 6.45) is 1.73. The third-order valence-electron chi connectivity index (χ3n) is 2.69. The lowest BCUT2D eigenvalue weighted by Gasteiger charge is -2.13. The van der Waals surface area contributed by atoms with Crippen LogP contribution in [0.15, 0.2) is 53.8 Å². The van der Waals surface area contributed by atoms with Gasteiger partial charge in [0.1, 0.15) is 5.71 Å². The normalized spacial score (nSPS) is 11.1. The molecule has 21 heavy (non-hydrogen) atoms. The predicted molar refractivity (Wildman–Crippen MR) is 90.7 cm³/mol. The molecule has 0 saturated heterocycles. The van der Waals surface area contributed by atoms with E-state index in [4.69, 9.17) is 23.8 Å². The van der Waals surface area contributed by atoms with Gasteiger partial charge in [-0.25, -0.2) is 0 Å². The molecule has 6 heteroatoms. The molecule has 4 nitrogen and oxygen atoms in total. The van der Waals surface area contributed by atoms with Crippen molar-refractivity contribution in [3.63, 3.8) is 0 Å². The van der Waals surface area contributed by atoms with Gasteiger partial charge >= 0.3 is 0 Å². The molecule has 1 N–H and O–H groups in total. The third kappa shape index (κ3) is 4.24. The van der Waals surface area contributed by atoms with Crippen molar-refractivity contribution in [2.45, 2.75) is 0 Å². The molecule has 0 unspecified atom stereocenters. The molecule has 1 heterocycles. The van der Waals surface area contributed by atoms with E-state index in [1.807, 2.05) is 56.6 Å². The molecule has 0 saturated carbocycles. The summed E-state index contributed by atoms with van der Waals surface area (Å²) in [4.78, 5) is 6.11. The first-order chi connectivity index (χ1) is 10.1. The van der Waals surface area contributed by atoms with Crippen LogP contribution in [0.2, 0.25) is 5.02 Å². The minimum absolute atomic E-state index is 0.525. The molecule has 2 rings (SSSR count). The van der Waals surface area contributed by atoms with Crippen LogP contribution < -0.4 is 5.43 Å². The van der Waals surface area contributed by atoms with Crippen molar-refractivity contribution in [1.29, 1.82) is 0 Å². The topological polar surface area (TPSA) is 40.5 Å². The Labute approximate surface area is 134 Å². The zero-order valence-corrected chi connectivity index (χ0v) is 13.3. The van der Waals surface area contributed by atoms with E-state index in [0.717, 1.165) is 11.3 Å². The number of hydrogen-bond acceptors (Lipinski definition) is 3. The van der Waals surface area contributed by atoms with Gasteiger partial charge < -0.3 is 4.90 Å². The minimum atomic E-state index is 0.525. The lowest BCUT2D eigenvalue weighted by molar-refractivity contribution is 0.606. The summed E-state index contributed by atoms with van der Waals surface area (Å²) in [6, 6.07) is 13.1. The molecule has 0 amide bonds. The smallest absolute Gasteiger partial charge is 0.189 e. The Morgan fingerprint density at radius 2 is 1.90 bits per heavy atom. The number of thiocarbonyl (C=S) groups is 1. The number of nitrogens with one attached hydrogen (secondary N) is 1. The zero-order valence-electron chi connectivity index (χ0n) is 11.7. The Morgan fingerprint density at radius 1 is 1.19 bits per heavy atom. The van der Waals surface area contributed by atoms with Crippen LogP contribution in [0.4, 0.5) is 0 Å². The maximum atomic E-state index is 5.93. The first-order valence-corrected chi connectivity index (χ1v) is 7.09. The quantitative estimate of drug-likeness (QED) is 0.537. The predicted octanol–water partition coefficient (Wildman–Crippen LogP) is 2.92. The van der Waals surface area contributed by atoms with Gasteiger partial charge in [0.25, 0.3) is 0 Å². The highest BCUT2D eigenvalue weighted by Crippen LogP contribution is 2.13. The maximum Gasteiger partial charge on any atom is 0.189 e. The number of halogens is 1. The summed E-state index contributed by atoms with van der Waals surface area (Å²) in [5.41, 5.74) is 5.24. The molecule has 0 aliphatic heterocycles. The highest BCUT2D eigenvalue weighted by Gasteiger charge is 2.09. The van der Waals surface area contributed by atoms with Crippen LogP contribution in [0.3, 0.4) is 0 Å². The van der Waals surface area contributed by atoms with E-state index < -0.39 is 0 Å². The van der Waals surface area contributed by atoms with Gasteiger partial charge in [-0.3, -0.25) is 10.4 Å². The van der Waals surface area contributed by atoms with Crippen LogP contribution >= 0.6 is 23.8 Å². The molecule has 0 fully saturated rings. The van der Waals surface area contributed by atoms with Gasteiger partial charge in [0.2, 0.25) is 0 Å². The summed E-state index contributed by atoms with van der Waals surface area (Å²) < 4.78 is 0. The number of rotatable bonds is 3. The fraction of sp³-hybridized carbons (Fsp3) is 0.133. The molecule has 1 aromatic heterocycles. The number of nitrogens with zero attached hydrogens (tertiary/aromatic N) is 3. The fourth-order valence-electron chi connectivity index (χ4n) is 1.58. The molecule has 0 aliphatic rings. The Hall–Kier alpha value is -1.98. The fourth-order valence-corrected chi connectivity index (χ4v) is 1.76. The van der Waals surface area contributed by atoms with Crippen molar-refractivity contribution in [1.82, 2.24) is 15.3 Å². The van der Waals surface area contributed by atoms with E-state index in [0.29, 0.717) is 15.8 Å². The lowest BCUT2D eigenvalue weighted by atomic mass is 10.1. The number of hydrogen-bond donors (Lipinski definition) is 1. The molecule has 0 radical (unpaired) electrons. The van der Waals surface area contributed by atoms with E-state index in [-0.39, 0.29) is 0 Å². The second kappa shape index (κ2) is 7.15. The van der Waals surface area contributed by atoms with E-state index in [1.165, 1.54) is 0 Å². The van der Waals surface area contributed by atoms with Crippen LogP contribution in [-0.2, 0) is 0 Å². The van der Waals surface area contributed by atoms with Crippen molar-refractivity contribution in [3.8, 4) is 0 Å². The van der Waals surface area contributed by atoms with Crippen molar-refractivity contribution in [2.75, 3.05) is 14.1 Å². The number of aromatic nitrogens is 1. The third-order valence-corrected chi connectivity index (χ3v) is 3.40. The van der Waals surface area contributed by atoms with Crippen LogP contribution in [-0.4, -0.2) is 34.8 Å². The van der Waals surface area contributed by atoms with Gasteiger partial charge in [-0.05, 0) is 36.5 Å². The molecule has 0 atom stereocenters. The summed E-state index contributed by atoms with van der Waals surface area (Å²) in [5.74, 6) is 0. The number of benzene rings is 1. The van der Waals surface area contributed by atoms with Crippen LogP contribution in [0, 0.1) is 0 Å². The Balaban J connectivity index is 2.37. The summed E-state index contributed by atoms with van der Waals surface area (Å²) in [5, 5.41) is 5.60. The highest BCUT2D eigenvalue weighted by atomic mass is 35.5. The van der Waals surface area contributed by atoms with Gasteiger partial charge in [-0.15, -0.1) is 0 Å². The number of hydrazone groups is 1. The summed E-state index contributed by atoms with van der Waals surface area (Å²) >= 11 is 11.1. The van der Waals surface area contributed by atoms with Crippen LogP contribution in [0.5, 0.6) is 0 Å². The Kier molecular flexibility index (Phi) is 5.25. The summed E-state index contributed by atoms with van der Waals surface area (Å²) in [6.45, 7) is 0. The standard InChI is InChI=1S/C15H15ClN4S/c1-20(2)15(21)19-18-14(13-5-3-4-10-17-13)11-6-8-12(16)9-7-11/h3-10H,1-2H3,(H,19,21)/b18-14+. The lowest BCUT2D eigenvalue weighted by Crippen LogP contribution is -2.31. The molecule has 1 aromatic carbocycles. The number of pyridine rings is 1. The van der Waals surface area contributed by atoms with Crippen LogP contribution in [0.25, 0.3) is 0 Å². The van der Waals surface area contributed by atoms with Gasteiger partial charge in [-0.1, -0.05) is 29.8 Å². The average Bonchev–Trinajstić information content (AvgIpc) is 2.50. The van der Waals surface area contributed by atoms with E-state index in [9.17, 15) is 0 Å². The van der Waals surface area contributed by atoms with E-state index in [1.54, 1.807) is 11.1 Å². The Morgan fingerprint density at radius 3 is 2.48 bits per heavy atom. The largest absolute Gasteiger partial charge is 0.354 e. The SMILES string of the molecule is CN(C)C(=S)N/N=C(\c1ccc(Cl)cc1)c1ccccn1. The van der Waals surface area contributed by atoms with E-state index >= 15 is 0 Å². The van der Waals surface area contributed by atoms with Crippen molar-refractivity contribution < 1.29 is 0 Å². The van der Waals surface area contributed by atoms with Crippen molar-refractivity contribution >= 4 is 34.6 Å². The van der Waals surface area contributed by atoms with Gasteiger partial charge in [0, 0.05) is 30.9 Å². The second-order valence-corrected chi connectivity index (χ2v) is 5.32. The Bertz CT molecular complexity index is 638. The van der Waals surface area contributed by atoms with Crippen molar-refractivity contribution in [2.24, 2.45) is 5.10 Å². The second-order valence-electron chi connectivity index (χ2n) is 4.49. The maximum absolute atomic E-state index is 5.93. The van der Waals surface area contributed by atoms with Gasteiger partial charge in [-0.2, -0.15) is 5.10 Å². The molecule has 0 aliphatic carbocycles. The van der Waals surface area contributed by atoms with Crippen molar-refractivity contribution in [3.05, 3.63) is 64.9 Å². The highest BCUT2D eigenvalue weighted by molar-refractivity contribution is 7.80.